The van der Waals surface area contributed by atoms with Crippen LogP contribution in [0.5, 0.6) is 0 Å². The quantitative estimate of drug-likeness (QED) is 0.158. The Hall–Kier alpha value is -3.36. The van der Waals surface area contributed by atoms with Gasteiger partial charge in [-0.1, -0.05) is 48.5 Å². The van der Waals surface area contributed by atoms with Crippen molar-refractivity contribution < 1.29 is 32.9 Å². The summed E-state index contributed by atoms with van der Waals surface area (Å²) in [6, 6.07) is 11.5. The Kier molecular flexibility index (Phi) is 8.90. The van der Waals surface area contributed by atoms with Gasteiger partial charge in [0.1, 0.15) is 17.5 Å². The van der Waals surface area contributed by atoms with Gasteiger partial charge in [-0.15, -0.1) is 0 Å². The molecule has 5 nitrogen and oxygen atoms in total. The fourth-order valence-corrected chi connectivity index (χ4v) is 5.53. The highest BCUT2D eigenvalue weighted by Gasteiger charge is 2.35. The molecule has 3 aromatic rings. The first kappa shape index (κ1) is 29.6. The minimum Gasteiger partial charge on any atom is -0.618 e. The summed E-state index contributed by atoms with van der Waals surface area (Å²) in [6.07, 6.45) is 0.928. The highest BCUT2D eigenvalue weighted by molar-refractivity contribution is 6.31. The van der Waals surface area contributed by atoms with E-state index in [0.717, 1.165) is 18.3 Å². The summed E-state index contributed by atoms with van der Waals surface area (Å²) in [5, 5.41) is 32.9. The zero-order valence-electron chi connectivity index (χ0n) is 22.0. The summed E-state index contributed by atoms with van der Waals surface area (Å²) in [5.74, 6) is -2.09. The number of Topliss-reactive ketones (excluding diaryl/α,β-unsaturated/α-hetero) is 1. The maximum atomic E-state index is 14.8. The van der Waals surface area contributed by atoms with Crippen LogP contribution in [0, 0.1) is 16.9 Å². The molecule has 0 saturated heterocycles. The smallest absolute Gasteiger partial charge is 0.264 e. The van der Waals surface area contributed by atoms with Crippen LogP contribution in [0.25, 0.3) is 16.9 Å². The second kappa shape index (κ2) is 12.0. The molecule has 1 atom stereocenters. The van der Waals surface area contributed by atoms with Gasteiger partial charge in [-0.2, -0.15) is 4.73 Å². The molecule has 1 unspecified atom stereocenters. The predicted octanol–water partition coefficient (Wildman–Crippen LogP) is 7.47. The van der Waals surface area contributed by atoms with E-state index in [9.17, 15) is 33.4 Å². The van der Waals surface area contributed by atoms with E-state index >= 15 is 0 Å². The van der Waals surface area contributed by atoms with Crippen LogP contribution in [0.4, 0.5) is 13.2 Å². The van der Waals surface area contributed by atoms with Crippen molar-refractivity contribution in [3.8, 4) is 11.1 Å². The number of aliphatic hydroxyl groups excluding tert-OH is 1. The number of nitrogens with zero attached hydrogens (tertiary/aromatic N) is 1. The molecule has 9 heteroatoms. The van der Waals surface area contributed by atoms with Gasteiger partial charge in [0.2, 0.25) is 5.69 Å². The number of hydrogen-bond acceptors (Lipinski definition) is 4. The Morgan fingerprint density at radius 2 is 1.80 bits per heavy atom. The maximum Gasteiger partial charge on any atom is 0.264 e. The van der Waals surface area contributed by atoms with Crippen LogP contribution in [-0.4, -0.2) is 21.6 Å². The lowest BCUT2D eigenvalue weighted by molar-refractivity contribution is -0.614. The molecule has 0 bridgehead atoms. The van der Waals surface area contributed by atoms with Crippen LogP contribution < -0.4 is 4.73 Å². The summed E-state index contributed by atoms with van der Waals surface area (Å²) >= 11 is 5.85. The Morgan fingerprint density at radius 3 is 2.38 bits per heavy atom. The molecule has 1 aliphatic rings. The number of aromatic nitrogens is 1. The Bertz CT molecular complexity index is 1400. The highest BCUT2D eigenvalue weighted by atomic mass is 35.5. The van der Waals surface area contributed by atoms with E-state index in [-0.39, 0.29) is 40.2 Å². The van der Waals surface area contributed by atoms with E-state index in [0.29, 0.717) is 48.0 Å². The number of aliphatic hydroxyl groups is 2. The van der Waals surface area contributed by atoms with Crippen molar-refractivity contribution in [3.05, 3.63) is 99.7 Å². The fraction of sp³-hybridized carbons (Fsp3) is 0.355. The van der Waals surface area contributed by atoms with Gasteiger partial charge in [0.15, 0.2) is 12.0 Å². The summed E-state index contributed by atoms with van der Waals surface area (Å²) in [6.45, 7) is 5.27. The SMILES string of the molecule is C=C(O)c1ccc(CC(=O)C(CC2CCC(C)(O)CC2)c2ccc(-c3c(C(F)F)ccc(Cl)c3F)c[n+]2[O-])cc1. The molecule has 1 aromatic heterocycles. The van der Waals surface area contributed by atoms with Crippen molar-refractivity contribution in [1.29, 1.82) is 0 Å². The minimum absolute atomic E-state index is 0.0213. The van der Waals surface area contributed by atoms with Crippen molar-refractivity contribution >= 4 is 23.1 Å². The topological polar surface area (TPSA) is 84.5 Å². The third kappa shape index (κ3) is 6.67. The lowest BCUT2D eigenvalue weighted by atomic mass is 9.75. The Labute approximate surface area is 236 Å². The van der Waals surface area contributed by atoms with Crippen LogP contribution in [0.1, 0.15) is 73.8 Å². The number of rotatable bonds is 9. The monoisotopic (exact) mass is 573 g/mol. The van der Waals surface area contributed by atoms with Gasteiger partial charge in [0.25, 0.3) is 6.43 Å². The Balaban J connectivity index is 1.68. The summed E-state index contributed by atoms with van der Waals surface area (Å²) in [5.41, 5.74) is -0.555. The molecule has 1 heterocycles. The van der Waals surface area contributed by atoms with Gasteiger partial charge in [-0.05, 0) is 62.6 Å². The number of halogens is 4. The van der Waals surface area contributed by atoms with E-state index in [4.69, 9.17) is 11.6 Å². The molecular weight excluding hydrogens is 543 g/mol. The zero-order valence-corrected chi connectivity index (χ0v) is 22.8. The van der Waals surface area contributed by atoms with E-state index < -0.39 is 34.9 Å². The first-order valence-electron chi connectivity index (χ1n) is 13.1. The number of carbonyl (C=O) groups is 1. The van der Waals surface area contributed by atoms with Gasteiger partial charge < -0.3 is 15.4 Å². The lowest BCUT2D eigenvalue weighted by Crippen LogP contribution is -2.37. The van der Waals surface area contributed by atoms with Gasteiger partial charge in [-0.3, -0.25) is 4.79 Å². The normalized spacial score (nSPS) is 19.9. The largest absolute Gasteiger partial charge is 0.618 e. The average Bonchev–Trinajstić information content (AvgIpc) is 2.90. The maximum absolute atomic E-state index is 14.8. The van der Waals surface area contributed by atoms with E-state index in [2.05, 4.69) is 6.58 Å². The van der Waals surface area contributed by atoms with E-state index in [1.165, 1.54) is 12.1 Å². The molecule has 0 aliphatic heterocycles. The number of pyridine rings is 1. The first-order chi connectivity index (χ1) is 18.9. The van der Waals surface area contributed by atoms with Gasteiger partial charge in [0.05, 0.1) is 16.2 Å². The molecule has 1 fully saturated rings. The zero-order chi connectivity index (χ0) is 29.2. The second-order valence-electron chi connectivity index (χ2n) is 10.8. The van der Waals surface area contributed by atoms with Gasteiger partial charge in [0, 0.05) is 29.2 Å². The summed E-state index contributed by atoms with van der Waals surface area (Å²) in [7, 11) is 0. The van der Waals surface area contributed by atoms with E-state index in [1.54, 1.807) is 31.2 Å². The minimum atomic E-state index is -2.99. The predicted molar refractivity (Wildman–Crippen MR) is 148 cm³/mol. The van der Waals surface area contributed by atoms with Gasteiger partial charge in [-0.25, -0.2) is 13.2 Å². The van der Waals surface area contributed by atoms with Crippen molar-refractivity contribution in [1.82, 2.24) is 0 Å². The molecule has 1 aliphatic carbocycles. The molecule has 0 amide bonds. The van der Waals surface area contributed by atoms with Crippen LogP contribution >= 0.6 is 11.6 Å². The van der Waals surface area contributed by atoms with Crippen LogP contribution in [0.3, 0.4) is 0 Å². The third-order valence-corrected chi connectivity index (χ3v) is 8.05. The summed E-state index contributed by atoms with van der Waals surface area (Å²) in [4.78, 5) is 13.6. The standard InChI is InChI=1S/C31H31ClF3NO4/c1-18(37)21-5-3-19(4-6-21)16-27(38)24(15-20-11-13-31(2,39)14-12-20)26-10-7-22(17-36(26)40)28-23(30(34)35)8-9-25(32)29(28)33/h3-10,17,20,24,30,37,39H,1,11-16H2,2H3. The molecule has 0 spiro atoms. The molecule has 1 saturated carbocycles. The van der Waals surface area contributed by atoms with Crippen molar-refractivity contribution in [2.75, 3.05) is 0 Å². The fourth-order valence-electron chi connectivity index (χ4n) is 5.38. The van der Waals surface area contributed by atoms with Crippen LogP contribution in [0.15, 0.2) is 61.3 Å². The molecular formula is C31H31ClF3NO4. The second-order valence-corrected chi connectivity index (χ2v) is 11.2. The Morgan fingerprint density at radius 1 is 1.15 bits per heavy atom. The average molecular weight is 574 g/mol. The van der Waals surface area contributed by atoms with Crippen molar-refractivity contribution in [2.45, 2.75) is 63.4 Å². The molecule has 0 radical (unpaired) electrons. The van der Waals surface area contributed by atoms with Crippen LogP contribution in [0.2, 0.25) is 5.02 Å². The van der Waals surface area contributed by atoms with Gasteiger partial charge >= 0.3 is 0 Å². The number of carbonyl (C=O) groups excluding carboxylic acids is 1. The number of hydrogen-bond donors (Lipinski definition) is 2. The number of benzene rings is 2. The first-order valence-corrected chi connectivity index (χ1v) is 13.5. The number of ketones is 1. The van der Waals surface area contributed by atoms with Crippen molar-refractivity contribution in [2.24, 2.45) is 5.92 Å². The molecule has 2 N–H and O–H groups in total. The highest BCUT2D eigenvalue weighted by Crippen LogP contribution is 2.39. The number of alkyl halides is 2. The lowest BCUT2D eigenvalue weighted by Gasteiger charge is -2.34. The third-order valence-electron chi connectivity index (χ3n) is 7.76. The molecule has 4 rings (SSSR count). The van der Waals surface area contributed by atoms with E-state index in [1.807, 2.05) is 0 Å². The van der Waals surface area contributed by atoms with Crippen molar-refractivity contribution in [3.63, 3.8) is 0 Å². The molecule has 212 valence electrons. The molecule has 2 aromatic carbocycles. The van der Waals surface area contributed by atoms with Crippen LogP contribution in [-0.2, 0) is 11.2 Å². The molecule has 40 heavy (non-hydrogen) atoms. The summed E-state index contributed by atoms with van der Waals surface area (Å²) < 4.78 is 42.6.